The van der Waals surface area contributed by atoms with Gasteiger partial charge in [-0.2, -0.15) is 4.98 Å². The van der Waals surface area contributed by atoms with Crippen molar-refractivity contribution in [1.82, 2.24) is 19.7 Å². The number of hydrogen-bond donors (Lipinski definition) is 0. The largest absolute Gasteiger partial charge is 0.465 e. The second-order valence-electron chi connectivity index (χ2n) is 9.58. The van der Waals surface area contributed by atoms with Gasteiger partial charge in [0.15, 0.2) is 5.78 Å². The van der Waals surface area contributed by atoms with Crippen LogP contribution in [0.15, 0.2) is 22.9 Å². The Morgan fingerprint density at radius 1 is 1.25 bits per heavy atom. The molecule has 3 aromatic rings. The van der Waals surface area contributed by atoms with Crippen LogP contribution >= 0.6 is 0 Å². The summed E-state index contributed by atoms with van der Waals surface area (Å²) in [5.41, 5.74) is 2.54. The quantitative estimate of drug-likeness (QED) is 0.430. The number of Topliss-reactive ketones (excluding diaryl/α,β-unsaturated/α-hetero) is 1. The summed E-state index contributed by atoms with van der Waals surface area (Å²) in [5, 5.41) is 4.04. The first-order valence-corrected chi connectivity index (χ1v) is 11.7. The SMILES string of the molecule is CCOc1nc2c(n1C(=O)COC(C)(C)C)C=C(c1c(C)noc1C)CC2C(=O)c1ccc(F)cn1. The third kappa shape index (κ3) is 4.99. The molecule has 3 aromatic heterocycles. The van der Waals surface area contributed by atoms with Crippen molar-refractivity contribution in [1.29, 1.82) is 0 Å². The molecule has 190 valence electrons. The fourth-order valence-corrected chi connectivity index (χ4v) is 4.21. The van der Waals surface area contributed by atoms with Crippen molar-refractivity contribution in [2.75, 3.05) is 13.2 Å². The molecule has 0 aromatic carbocycles. The number of aryl methyl sites for hydroxylation is 2. The third-order valence-corrected chi connectivity index (χ3v) is 5.78. The van der Waals surface area contributed by atoms with Crippen molar-refractivity contribution in [3.8, 4) is 6.01 Å². The van der Waals surface area contributed by atoms with Crippen molar-refractivity contribution < 1.29 is 28.0 Å². The van der Waals surface area contributed by atoms with E-state index in [1.54, 1.807) is 13.8 Å². The lowest BCUT2D eigenvalue weighted by atomic mass is 9.82. The van der Waals surface area contributed by atoms with Gasteiger partial charge in [0.05, 0.1) is 41.4 Å². The van der Waals surface area contributed by atoms with Gasteiger partial charge in [-0.1, -0.05) is 5.16 Å². The van der Waals surface area contributed by atoms with Crippen LogP contribution in [0.5, 0.6) is 6.01 Å². The van der Waals surface area contributed by atoms with E-state index in [0.717, 1.165) is 17.3 Å². The first-order valence-electron chi connectivity index (χ1n) is 11.7. The van der Waals surface area contributed by atoms with E-state index in [2.05, 4.69) is 15.1 Å². The molecule has 36 heavy (non-hydrogen) atoms. The summed E-state index contributed by atoms with van der Waals surface area (Å²) in [7, 11) is 0. The summed E-state index contributed by atoms with van der Waals surface area (Å²) in [6.07, 6.45) is 3.08. The van der Waals surface area contributed by atoms with Crippen LogP contribution in [0.3, 0.4) is 0 Å². The average Bonchev–Trinajstić information content (AvgIpc) is 3.35. The van der Waals surface area contributed by atoms with Gasteiger partial charge in [0, 0.05) is 5.56 Å². The van der Waals surface area contributed by atoms with Crippen molar-refractivity contribution in [2.45, 2.75) is 59.5 Å². The first kappa shape index (κ1) is 25.4. The number of aromatic nitrogens is 4. The molecule has 0 saturated carbocycles. The van der Waals surface area contributed by atoms with Crippen LogP contribution < -0.4 is 4.74 Å². The van der Waals surface area contributed by atoms with Crippen LogP contribution in [0.1, 0.15) is 83.7 Å². The molecule has 3 heterocycles. The van der Waals surface area contributed by atoms with E-state index >= 15 is 0 Å². The molecule has 4 rings (SSSR count). The van der Waals surface area contributed by atoms with E-state index in [-0.39, 0.29) is 43.0 Å². The summed E-state index contributed by atoms with van der Waals surface area (Å²) in [6.45, 7) is 11.0. The molecule has 0 N–H and O–H groups in total. The first-order chi connectivity index (χ1) is 17.0. The van der Waals surface area contributed by atoms with E-state index in [1.165, 1.54) is 16.7 Å². The lowest BCUT2D eigenvalue weighted by Crippen LogP contribution is -2.28. The minimum atomic E-state index is -0.788. The topological polar surface area (TPSA) is 109 Å². The number of pyridine rings is 1. The average molecular weight is 497 g/mol. The molecule has 0 aliphatic heterocycles. The van der Waals surface area contributed by atoms with Crippen molar-refractivity contribution in [2.24, 2.45) is 0 Å². The Morgan fingerprint density at radius 2 is 2.00 bits per heavy atom. The minimum Gasteiger partial charge on any atom is -0.465 e. The number of fused-ring (bicyclic) bond motifs is 1. The van der Waals surface area contributed by atoms with Gasteiger partial charge in [0.2, 0.25) is 0 Å². The monoisotopic (exact) mass is 496 g/mol. The second kappa shape index (κ2) is 9.77. The van der Waals surface area contributed by atoms with Gasteiger partial charge in [-0.05, 0) is 71.7 Å². The molecule has 1 aliphatic rings. The van der Waals surface area contributed by atoms with Gasteiger partial charge in [-0.25, -0.2) is 8.96 Å². The Hall–Kier alpha value is -3.66. The maximum absolute atomic E-state index is 13.6. The number of carbonyl (C=O) groups excluding carboxylic acids is 2. The van der Waals surface area contributed by atoms with Crippen LogP contribution in [0.2, 0.25) is 0 Å². The molecular weight excluding hydrogens is 467 g/mol. The zero-order valence-electron chi connectivity index (χ0n) is 21.2. The van der Waals surface area contributed by atoms with Crippen LogP contribution in [-0.2, 0) is 4.74 Å². The Balaban J connectivity index is 1.88. The Bertz CT molecular complexity index is 1310. The fourth-order valence-electron chi connectivity index (χ4n) is 4.21. The highest BCUT2D eigenvalue weighted by molar-refractivity contribution is 6.03. The molecular formula is C26H29FN4O5. The summed E-state index contributed by atoms with van der Waals surface area (Å²) >= 11 is 0. The highest BCUT2D eigenvalue weighted by Crippen LogP contribution is 2.42. The number of nitrogens with zero attached hydrogens (tertiary/aromatic N) is 4. The number of ether oxygens (including phenoxy) is 2. The maximum atomic E-state index is 13.6. The van der Waals surface area contributed by atoms with E-state index in [0.29, 0.717) is 22.8 Å². The molecule has 10 heteroatoms. The molecule has 0 spiro atoms. The van der Waals surface area contributed by atoms with Crippen molar-refractivity contribution >= 4 is 23.3 Å². The van der Waals surface area contributed by atoms with E-state index < -0.39 is 17.3 Å². The number of rotatable bonds is 7. The third-order valence-electron chi connectivity index (χ3n) is 5.78. The lowest BCUT2D eigenvalue weighted by molar-refractivity contribution is -0.00123. The van der Waals surface area contributed by atoms with Gasteiger partial charge >= 0.3 is 6.01 Å². The van der Waals surface area contributed by atoms with Crippen LogP contribution in [0.25, 0.3) is 11.6 Å². The highest BCUT2D eigenvalue weighted by Gasteiger charge is 2.37. The predicted molar refractivity (Wildman–Crippen MR) is 129 cm³/mol. The van der Waals surface area contributed by atoms with Gasteiger partial charge in [0.25, 0.3) is 5.91 Å². The molecule has 0 radical (unpaired) electrons. The van der Waals surface area contributed by atoms with Crippen LogP contribution in [-0.4, -0.2) is 50.2 Å². The number of allylic oxidation sites excluding steroid dienone is 1. The smallest absolute Gasteiger partial charge is 0.304 e. The number of hydrogen-bond acceptors (Lipinski definition) is 8. The normalized spacial score (nSPS) is 15.4. The number of ketones is 1. The molecule has 0 bridgehead atoms. The summed E-state index contributed by atoms with van der Waals surface area (Å²) in [6, 6.07) is 2.60. The Morgan fingerprint density at radius 3 is 2.58 bits per heavy atom. The highest BCUT2D eigenvalue weighted by atomic mass is 19.1. The molecule has 0 saturated heterocycles. The van der Waals surface area contributed by atoms with Gasteiger partial charge in [-0.15, -0.1) is 0 Å². The van der Waals surface area contributed by atoms with Crippen molar-refractivity contribution in [3.05, 3.63) is 58.2 Å². The van der Waals surface area contributed by atoms with Gasteiger partial charge in [-0.3, -0.25) is 14.6 Å². The van der Waals surface area contributed by atoms with Gasteiger partial charge in [0.1, 0.15) is 23.9 Å². The van der Waals surface area contributed by atoms with E-state index in [9.17, 15) is 14.0 Å². The van der Waals surface area contributed by atoms with Gasteiger partial charge < -0.3 is 14.0 Å². The second-order valence-corrected chi connectivity index (χ2v) is 9.58. The Kier molecular flexibility index (Phi) is 6.90. The molecule has 1 atom stereocenters. The molecule has 1 unspecified atom stereocenters. The van der Waals surface area contributed by atoms with Crippen molar-refractivity contribution in [3.63, 3.8) is 0 Å². The van der Waals surface area contributed by atoms with Crippen LogP contribution in [0.4, 0.5) is 4.39 Å². The summed E-state index contributed by atoms with van der Waals surface area (Å²) < 4.78 is 31.6. The van der Waals surface area contributed by atoms with E-state index in [4.69, 9.17) is 14.0 Å². The number of imidazole rings is 1. The fraction of sp³-hybridized carbons (Fsp3) is 0.423. The zero-order chi connectivity index (χ0) is 26.2. The minimum absolute atomic E-state index is 0.0751. The number of halogens is 1. The van der Waals surface area contributed by atoms with Crippen LogP contribution in [0, 0.1) is 19.7 Å². The summed E-state index contributed by atoms with van der Waals surface area (Å²) in [5.74, 6) is -1.47. The predicted octanol–water partition coefficient (Wildman–Crippen LogP) is 4.79. The van der Waals surface area contributed by atoms with E-state index in [1.807, 2.05) is 33.8 Å². The zero-order valence-corrected chi connectivity index (χ0v) is 21.2. The lowest BCUT2D eigenvalue weighted by Gasteiger charge is -2.23. The summed E-state index contributed by atoms with van der Waals surface area (Å²) in [4.78, 5) is 35.5. The Labute approximate surface area is 208 Å². The number of carbonyl (C=O) groups is 2. The molecule has 0 amide bonds. The standard InChI is InChI=1S/C26H29FN4O5/c1-7-34-25-29-23-18(24(33)19-9-8-17(27)12-28-19)10-16(22-14(2)30-36-15(22)3)11-20(23)31(25)21(32)13-35-26(4,5)6/h8-9,11-12,18H,7,10,13H2,1-6H3. The molecule has 0 fully saturated rings. The molecule has 9 nitrogen and oxygen atoms in total. The maximum Gasteiger partial charge on any atom is 0.304 e. The molecule has 1 aliphatic carbocycles.